The maximum Gasteiger partial charge on any atom is 0.356 e. The van der Waals surface area contributed by atoms with E-state index in [0.717, 1.165) is 43.5 Å². The molecule has 0 radical (unpaired) electrons. The molecule has 0 spiro atoms. The van der Waals surface area contributed by atoms with Crippen LogP contribution in [0.2, 0.25) is 0 Å². The number of ether oxygens (including phenoxy) is 1. The largest absolute Gasteiger partial charge is 0.456 e. The minimum Gasteiger partial charge on any atom is -0.456 e. The van der Waals surface area contributed by atoms with Gasteiger partial charge in [0.15, 0.2) is 6.10 Å². The van der Waals surface area contributed by atoms with E-state index >= 15 is 0 Å². The molecule has 1 saturated heterocycles. The fraction of sp³-hybridized carbons (Fsp3) is 0.125. The summed E-state index contributed by atoms with van der Waals surface area (Å²) in [6.07, 6.45) is -0.535. The highest BCUT2D eigenvalue weighted by Crippen LogP contribution is 2.48. The number of furan rings is 1. The molecule has 5 aromatic carbocycles. The van der Waals surface area contributed by atoms with E-state index in [4.69, 9.17) is 9.15 Å². The molecule has 8 rings (SSSR count). The predicted molar refractivity (Wildman–Crippen MR) is 193 cm³/mol. The van der Waals surface area contributed by atoms with Crippen LogP contribution in [0.5, 0.6) is 0 Å². The van der Waals surface area contributed by atoms with Gasteiger partial charge in [-0.1, -0.05) is 127 Å². The molecule has 0 saturated carbocycles. The van der Waals surface area contributed by atoms with Crippen molar-refractivity contribution in [2.24, 2.45) is 0 Å². The topological polar surface area (TPSA) is 88.9 Å². The first-order valence-corrected chi connectivity index (χ1v) is 17.8. The van der Waals surface area contributed by atoms with Gasteiger partial charge in [0.05, 0.1) is 6.42 Å². The zero-order chi connectivity index (χ0) is 33.3. The average Bonchev–Trinajstić information content (AvgIpc) is 3.53. The first-order valence-electron chi connectivity index (χ1n) is 16.0. The molecule has 1 aromatic heterocycles. The average molecular weight is 683 g/mol. The van der Waals surface area contributed by atoms with Crippen molar-refractivity contribution in [3.63, 3.8) is 0 Å². The molecular weight excluding hydrogens is 653 g/mol. The van der Waals surface area contributed by atoms with Crippen molar-refractivity contribution in [2.75, 3.05) is 5.75 Å². The highest BCUT2D eigenvalue weighted by atomic mass is 32.2. The Balaban J connectivity index is 1.15. The third-order valence-corrected chi connectivity index (χ3v) is 11.3. The summed E-state index contributed by atoms with van der Waals surface area (Å²) < 4.78 is 12.5. The Kier molecular flexibility index (Phi) is 8.45. The van der Waals surface area contributed by atoms with Crippen LogP contribution in [-0.2, 0) is 25.5 Å². The van der Waals surface area contributed by atoms with Crippen molar-refractivity contribution < 1.29 is 23.5 Å². The number of fused-ring (bicyclic) bond motifs is 4. The smallest absolute Gasteiger partial charge is 0.356 e. The fourth-order valence-corrected chi connectivity index (χ4v) is 9.01. The molecule has 0 unspecified atom stereocenters. The normalized spacial score (nSPS) is 17.2. The van der Waals surface area contributed by atoms with Gasteiger partial charge in [-0.15, -0.1) is 11.8 Å². The number of thioether (sulfide) groups is 2. The fourth-order valence-electron chi connectivity index (χ4n) is 6.37. The van der Waals surface area contributed by atoms with E-state index in [9.17, 15) is 14.4 Å². The molecule has 2 aliphatic rings. The van der Waals surface area contributed by atoms with E-state index in [1.54, 1.807) is 0 Å². The zero-order valence-electron chi connectivity index (χ0n) is 26.2. The van der Waals surface area contributed by atoms with Gasteiger partial charge in [-0.25, -0.2) is 4.79 Å². The lowest BCUT2D eigenvalue weighted by Gasteiger charge is -2.49. The SMILES string of the molecule is O=C(Cc1ccccc1)N[C@@H]1C(=O)N2C(C(=O)OC(c3ccccc3)c3ccccc3)=C(Sc3cccc4oc5ccccc5c34)CS[C@H]12. The van der Waals surface area contributed by atoms with Crippen LogP contribution in [0.1, 0.15) is 22.8 Å². The Bertz CT molecular complexity index is 2180. The second-order valence-electron chi connectivity index (χ2n) is 11.8. The second-order valence-corrected chi connectivity index (χ2v) is 14.1. The number of esters is 1. The Morgan fingerprint density at radius 2 is 1.45 bits per heavy atom. The number of hydrogen-bond acceptors (Lipinski definition) is 7. The van der Waals surface area contributed by atoms with Gasteiger partial charge >= 0.3 is 5.97 Å². The molecule has 0 aliphatic carbocycles. The molecule has 0 bridgehead atoms. The minimum absolute atomic E-state index is 0.159. The van der Waals surface area contributed by atoms with Gasteiger partial charge in [0, 0.05) is 26.3 Å². The standard InChI is InChI=1S/C40H30N2O5S2/c43-33(23-25-13-4-1-5-14-25)41-35-38(44)42-36(40(45)47-37(26-15-6-2-7-16-26)27-17-8-3-9-18-27)32(24-48-39(35)42)49-31-22-12-21-30-34(31)28-19-10-11-20-29(28)46-30/h1-22,35,37,39H,23-24H2,(H,41,43)/t35-,39-/m1/s1. The quantitative estimate of drug-likeness (QED) is 0.123. The van der Waals surface area contributed by atoms with Gasteiger partial charge in [0.2, 0.25) is 5.91 Å². The molecule has 9 heteroatoms. The summed E-state index contributed by atoms with van der Waals surface area (Å²) in [6, 6.07) is 41.5. The van der Waals surface area contributed by atoms with Crippen LogP contribution >= 0.6 is 23.5 Å². The molecule has 242 valence electrons. The maximum absolute atomic E-state index is 14.5. The maximum atomic E-state index is 14.5. The van der Waals surface area contributed by atoms with Crippen LogP contribution in [0.3, 0.4) is 0 Å². The van der Waals surface area contributed by atoms with Crippen LogP contribution in [0.4, 0.5) is 0 Å². The van der Waals surface area contributed by atoms with Crippen molar-refractivity contribution in [1.82, 2.24) is 10.2 Å². The summed E-state index contributed by atoms with van der Waals surface area (Å²) in [4.78, 5) is 44.5. The van der Waals surface area contributed by atoms with Crippen LogP contribution in [0, 0.1) is 0 Å². The number of carbonyl (C=O) groups is 3. The summed E-state index contributed by atoms with van der Waals surface area (Å²) in [7, 11) is 0. The number of nitrogens with one attached hydrogen (secondary N) is 1. The molecule has 2 aliphatic heterocycles. The Morgan fingerprint density at radius 1 is 0.816 bits per heavy atom. The van der Waals surface area contributed by atoms with Crippen LogP contribution in [0.25, 0.3) is 21.9 Å². The molecule has 1 fully saturated rings. The summed E-state index contributed by atoms with van der Waals surface area (Å²) in [6.45, 7) is 0. The molecule has 1 N–H and O–H groups in total. The zero-order valence-corrected chi connectivity index (χ0v) is 27.8. The van der Waals surface area contributed by atoms with Crippen molar-refractivity contribution >= 4 is 63.2 Å². The number of hydrogen-bond donors (Lipinski definition) is 1. The Labute approximate surface area is 291 Å². The summed E-state index contributed by atoms with van der Waals surface area (Å²) in [5.41, 5.74) is 4.21. The lowest BCUT2D eigenvalue weighted by atomic mass is 10.0. The molecule has 49 heavy (non-hydrogen) atoms. The molecule has 2 amide bonds. The van der Waals surface area contributed by atoms with Gasteiger partial charge in [-0.05, 0) is 34.9 Å². The van der Waals surface area contributed by atoms with Gasteiger partial charge in [-0.2, -0.15) is 0 Å². The number of benzene rings is 5. The van der Waals surface area contributed by atoms with E-state index in [-0.39, 0.29) is 23.9 Å². The van der Waals surface area contributed by atoms with E-state index in [0.29, 0.717) is 10.7 Å². The first-order chi connectivity index (χ1) is 24.0. The van der Waals surface area contributed by atoms with Crippen molar-refractivity contribution in [3.8, 4) is 0 Å². The number of rotatable bonds is 9. The van der Waals surface area contributed by atoms with E-state index < -0.39 is 23.5 Å². The van der Waals surface area contributed by atoms with Gasteiger partial charge in [0.25, 0.3) is 5.91 Å². The lowest BCUT2D eigenvalue weighted by Crippen LogP contribution is -2.70. The Morgan fingerprint density at radius 3 is 2.16 bits per heavy atom. The van der Waals surface area contributed by atoms with Gasteiger partial charge in [-0.3, -0.25) is 14.5 Å². The van der Waals surface area contributed by atoms with Crippen molar-refractivity contribution in [2.45, 2.75) is 28.8 Å². The summed E-state index contributed by atoms with van der Waals surface area (Å²) in [5, 5.41) is 4.40. The van der Waals surface area contributed by atoms with E-state index in [1.807, 2.05) is 133 Å². The van der Waals surface area contributed by atoms with Crippen LogP contribution in [-0.4, -0.2) is 39.9 Å². The van der Waals surface area contributed by atoms with E-state index in [2.05, 4.69) is 5.32 Å². The number of β-lactam (4-membered cyclic amide) rings is 1. The van der Waals surface area contributed by atoms with Crippen LogP contribution in [0.15, 0.2) is 153 Å². The highest BCUT2D eigenvalue weighted by molar-refractivity contribution is 8.06. The van der Waals surface area contributed by atoms with Gasteiger partial charge < -0.3 is 14.5 Å². The molecule has 3 heterocycles. The highest BCUT2D eigenvalue weighted by Gasteiger charge is 2.55. The minimum atomic E-state index is -0.754. The van der Waals surface area contributed by atoms with Crippen LogP contribution < -0.4 is 5.32 Å². The van der Waals surface area contributed by atoms with Crippen molar-refractivity contribution in [1.29, 1.82) is 0 Å². The molecule has 7 nitrogen and oxygen atoms in total. The number of amides is 2. The summed E-state index contributed by atoms with van der Waals surface area (Å²) >= 11 is 2.97. The Hall–Kier alpha value is -5.25. The molecular formula is C40H30N2O5S2. The molecule has 2 atom stereocenters. The number of para-hydroxylation sites is 1. The predicted octanol–water partition coefficient (Wildman–Crippen LogP) is 7.87. The van der Waals surface area contributed by atoms with Gasteiger partial charge in [0.1, 0.15) is 28.3 Å². The first kappa shape index (κ1) is 31.0. The van der Waals surface area contributed by atoms with E-state index in [1.165, 1.54) is 28.4 Å². The lowest BCUT2D eigenvalue weighted by molar-refractivity contribution is -0.154. The molecule has 6 aromatic rings. The number of nitrogens with zero attached hydrogens (tertiary/aromatic N) is 1. The van der Waals surface area contributed by atoms with Crippen molar-refractivity contribution in [3.05, 3.63) is 161 Å². The third kappa shape index (κ3) is 6.00. The third-order valence-electron chi connectivity index (χ3n) is 8.68. The summed E-state index contributed by atoms with van der Waals surface area (Å²) in [5.74, 6) is -0.740. The number of carbonyl (C=O) groups excluding carboxylic acids is 3. The second kappa shape index (κ2) is 13.3. The monoisotopic (exact) mass is 682 g/mol.